The van der Waals surface area contributed by atoms with Crippen molar-refractivity contribution in [3.63, 3.8) is 0 Å². The van der Waals surface area contributed by atoms with E-state index in [1.54, 1.807) is 12.2 Å². The van der Waals surface area contributed by atoms with E-state index in [4.69, 9.17) is 0 Å². The summed E-state index contributed by atoms with van der Waals surface area (Å²) in [5.74, 6) is -0.00563. The van der Waals surface area contributed by atoms with Crippen molar-refractivity contribution in [1.29, 1.82) is 0 Å². The van der Waals surface area contributed by atoms with Gasteiger partial charge < -0.3 is 16.0 Å². The van der Waals surface area contributed by atoms with Gasteiger partial charge in [0.2, 0.25) is 11.8 Å². The van der Waals surface area contributed by atoms with E-state index in [-0.39, 0.29) is 11.8 Å². The Morgan fingerprint density at radius 1 is 0.630 bits per heavy atom. The zero-order valence-corrected chi connectivity index (χ0v) is 17.5. The molecule has 0 saturated carbocycles. The third-order valence-electron chi connectivity index (χ3n) is 4.15. The van der Waals surface area contributed by atoms with Crippen LogP contribution in [0.5, 0.6) is 0 Å². The first-order valence-electron chi connectivity index (χ1n) is 10.8. The van der Waals surface area contributed by atoms with Gasteiger partial charge in [-0.2, -0.15) is 0 Å². The quantitative estimate of drug-likeness (QED) is 0.250. The highest BCUT2D eigenvalue weighted by Gasteiger charge is 1.96. The highest BCUT2D eigenvalue weighted by Crippen LogP contribution is 1.99. The fraction of sp³-hybridized carbons (Fsp3) is 0.727. The van der Waals surface area contributed by atoms with E-state index >= 15 is 0 Å². The minimum absolute atomic E-state index is 0.00282. The highest BCUT2D eigenvalue weighted by atomic mass is 16.2. The predicted molar refractivity (Wildman–Crippen MR) is 115 cm³/mol. The molecular weight excluding hydrogens is 338 g/mol. The van der Waals surface area contributed by atoms with Crippen molar-refractivity contribution in [3.05, 3.63) is 24.3 Å². The molecule has 0 heterocycles. The average Bonchev–Trinajstić information content (AvgIpc) is 2.66. The third kappa shape index (κ3) is 20.5. The van der Waals surface area contributed by atoms with Crippen LogP contribution in [0, 0.1) is 0 Å². The molecule has 0 bridgehead atoms. The molecule has 0 radical (unpaired) electrons. The van der Waals surface area contributed by atoms with Crippen molar-refractivity contribution in [1.82, 2.24) is 16.0 Å². The van der Waals surface area contributed by atoms with Gasteiger partial charge in [0.05, 0.1) is 0 Å². The van der Waals surface area contributed by atoms with E-state index in [9.17, 15) is 9.59 Å². The van der Waals surface area contributed by atoms with Gasteiger partial charge in [0, 0.05) is 13.1 Å². The summed E-state index contributed by atoms with van der Waals surface area (Å²) in [6.07, 6.45) is 18.1. The van der Waals surface area contributed by atoms with Gasteiger partial charge in [0.1, 0.15) is 0 Å². The fourth-order valence-corrected chi connectivity index (χ4v) is 2.50. The molecular formula is C22H41N3O2. The van der Waals surface area contributed by atoms with E-state index < -0.39 is 0 Å². The van der Waals surface area contributed by atoms with Crippen LogP contribution in [0.25, 0.3) is 0 Å². The second-order valence-corrected chi connectivity index (χ2v) is 6.84. The van der Waals surface area contributed by atoms with Crippen molar-refractivity contribution >= 4 is 11.8 Å². The predicted octanol–water partition coefficient (Wildman–Crippen LogP) is 3.86. The van der Waals surface area contributed by atoms with Crippen LogP contribution in [0.1, 0.15) is 78.1 Å². The second-order valence-electron chi connectivity index (χ2n) is 6.84. The van der Waals surface area contributed by atoms with Crippen molar-refractivity contribution in [2.24, 2.45) is 0 Å². The van der Waals surface area contributed by atoms with E-state index in [2.05, 4.69) is 29.8 Å². The Hall–Kier alpha value is -1.62. The summed E-state index contributed by atoms with van der Waals surface area (Å²) in [4.78, 5) is 23.2. The van der Waals surface area contributed by atoms with Gasteiger partial charge in [-0.1, -0.05) is 51.7 Å². The second kappa shape index (κ2) is 20.7. The van der Waals surface area contributed by atoms with E-state index in [0.29, 0.717) is 13.1 Å². The molecule has 0 aromatic heterocycles. The molecule has 156 valence electrons. The van der Waals surface area contributed by atoms with Gasteiger partial charge in [-0.3, -0.25) is 9.59 Å². The molecule has 0 spiro atoms. The van der Waals surface area contributed by atoms with Crippen molar-refractivity contribution in [2.45, 2.75) is 78.1 Å². The van der Waals surface area contributed by atoms with Gasteiger partial charge in [-0.05, 0) is 63.8 Å². The molecule has 0 aromatic carbocycles. The average molecular weight is 380 g/mol. The molecule has 3 N–H and O–H groups in total. The Kier molecular flexibility index (Phi) is 19.4. The first-order chi connectivity index (χ1) is 13.2. The maximum Gasteiger partial charge on any atom is 0.243 e. The summed E-state index contributed by atoms with van der Waals surface area (Å²) in [5, 5.41) is 9.11. The fourth-order valence-electron chi connectivity index (χ4n) is 2.50. The SMILES string of the molecule is CCCCC/C=C/C(=O)NCCCNCCCNC(=O)/C=C/CCCCC. The van der Waals surface area contributed by atoms with Gasteiger partial charge in [-0.25, -0.2) is 0 Å². The molecule has 5 heteroatoms. The first kappa shape index (κ1) is 25.4. The summed E-state index contributed by atoms with van der Waals surface area (Å²) in [7, 11) is 0. The number of hydrogen-bond donors (Lipinski definition) is 3. The topological polar surface area (TPSA) is 70.2 Å². The van der Waals surface area contributed by atoms with Crippen LogP contribution >= 0.6 is 0 Å². The van der Waals surface area contributed by atoms with Crippen LogP contribution in [0.15, 0.2) is 24.3 Å². The van der Waals surface area contributed by atoms with E-state index in [1.807, 2.05) is 12.2 Å². The molecule has 5 nitrogen and oxygen atoms in total. The number of allylic oxidation sites excluding steroid dienone is 2. The van der Waals surface area contributed by atoms with Gasteiger partial charge in [0.25, 0.3) is 0 Å². The summed E-state index contributed by atoms with van der Waals surface area (Å²) >= 11 is 0. The van der Waals surface area contributed by atoms with Crippen molar-refractivity contribution < 1.29 is 9.59 Å². The van der Waals surface area contributed by atoms with E-state index in [0.717, 1.165) is 51.6 Å². The Balaban J connectivity index is 3.37. The molecule has 2 amide bonds. The number of carbonyl (C=O) groups excluding carboxylic acids is 2. The number of unbranched alkanes of at least 4 members (excludes halogenated alkanes) is 6. The van der Waals surface area contributed by atoms with Gasteiger partial charge >= 0.3 is 0 Å². The summed E-state index contributed by atoms with van der Waals surface area (Å²) < 4.78 is 0. The summed E-state index contributed by atoms with van der Waals surface area (Å²) in [6.45, 7) is 7.45. The maximum absolute atomic E-state index is 11.6. The number of carbonyl (C=O) groups is 2. The first-order valence-corrected chi connectivity index (χ1v) is 10.8. The molecule has 0 atom stereocenters. The Bertz CT molecular complexity index is 382. The number of hydrogen-bond acceptors (Lipinski definition) is 3. The molecule has 0 aliphatic rings. The lowest BCUT2D eigenvalue weighted by Crippen LogP contribution is -2.28. The Morgan fingerprint density at radius 2 is 1.07 bits per heavy atom. The zero-order chi connectivity index (χ0) is 20.0. The zero-order valence-electron chi connectivity index (χ0n) is 17.5. The lowest BCUT2D eigenvalue weighted by atomic mass is 10.2. The Morgan fingerprint density at radius 3 is 1.48 bits per heavy atom. The molecule has 0 aliphatic carbocycles. The molecule has 0 fully saturated rings. The molecule has 0 aliphatic heterocycles. The summed E-state index contributed by atoms with van der Waals surface area (Å²) in [6, 6.07) is 0. The summed E-state index contributed by atoms with van der Waals surface area (Å²) in [5.41, 5.74) is 0. The lowest BCUT2D eigenvalue weighted by molar-refractivity contribution is -0.117. The molecule has 0 aromatic rings. The van der Waals surface area contributed by atoms with Crippen LogP contribution < -0.4 is 16.0 Å². The monoisotopic (exact) mass is 379 g/mol. The van der Waals surface area contributed by atoms with Crippen LogP contribution in [0.3, 0.4) is 0 Å². The van der Waals surface area contributed by atoms with Gasteiger partial charge in [0.15, 0.2) is 0 Å². The minimum atomic E-state index is -0.00282. The smallest absolute Gasteiger partial charge is 0.243 e. The number of rotatable bonds is 18. The number of nitrogens with one attached hydrogen (secondary N) is 3. The normalized spacial score (nSPS) is 11.3. The lowest BCUT2D eigenvalue weighted by Gasteiger charge is -2.06. The van der Waals surface area contributed by atoms with E-state index in [1.165, 1.54) is 25.7 Å². The third-order valence-corrected chi connectivity index (χ3v) is 4.15. The number of amides is 2. The van der Waals surface area contributed by atoms with Crippen molar-refractivity contribution in [3.8, 4) is 0 Å². The molecule has 0 unspecified atom stereocenters. The Labute approximate surface area is 166 Å². The molecule has 0 saturated heterocycles. The van der Waals surface area contributed by atoms with Gasteiger partial charge in [-0.15, -0.1) is 0 Å². The molecule has 27 heavy (non-hydrogen) atoms. The van der Waals surface area contributed by atoms with Crippen LogP contribution in [0.2, 0.25) is 0 Å². The largest absolute Gasteiger partial charge is 0.353 e. The molecule has 0 rings (SSSR count). The standard InChI is InChI=1S/C22H41N3O2/c1-3-5-7-9-11-15-21(26)24-19-13-17-23-18-14-20-25-22(27)16-12-10-8-6-4-2/h11-12,15-16,23H,3-10,13-14,17-20H2,1-2H3,(H,24,26)(H,25,27)/b15-11+,16-12+. The highest BCUT2D eigenvalue weighted by molar-refractivity contribution is 5.87. The van der Waals surface area contributed by atoms with Crippen molar-refractivity contribution in [2.75, 3.05) is 26.2 Å². The minimum Gasteiger partial charge on any atom is -0.353 e. The van der Waals surface area contributed by atoms with Crippen LogP contribution in [0.4, 0.5) is 0 Å². The van der Waals surface area contributed by atoms with Crippen LogP contribution in [-0.2, 0) is 9.59 Å². The maximum atomic E-state index is 11.6. The van der Waals surface area contributed by atoms with Crippen LogP contribution in [-0.4, -0.2) is 38.0 Å².